The molecule has 3 amide bonds. The highest BCUT2D eigenvalue weighted by Gasteiger charge is 2.40. The molecule has 1 atom stereocenters. The van der Waals surface area contributed by atoms with Crippen molar-refractivity contribution in [2.75, 3.05) is 10.7 Å². The molecule has 0 fully saturated rings. The van der Waals surface area contributed by atoms with Crippen LogP contribution >= 0.6 is 11.8 Å². The van der Waals surface area contributed by atoms with E-state index in [-0.39, 0.29) is 17.7 Å². The number of carbonyl (C=O) groups is 3. The van der Waals surface area contributed by atoms with E-state index < -0.39 is 6.04 Å². The molecule has 0 radical (unpaired) electrons. The predicted molar refractivity (Wildman–Crippen MR) is 113 cm³/mol. The summed E-state index contributed by atoms with van der Waals surface area (Å²) < 4.78 is 0. The maximum atomic E-state index is 12.7. The maximum Gasteiger partial charge on any atom is 0.262 e. The van der Waals surface area contributed by atoms with Gasteiger partial charge in [0.15, 0.2) is 5.17 Å². The van der Waals surface area contributed by atoms with E-state index in [1.165, 1.54) is 28.5 Å². The van der Waals surface area contributed by atoms with Crippen LogP contribution in [0, 0.1) is 0 Å². The van der Waals surface area contributed by atoms with Crippen LogP contribution in [0.3, 0.4) is 0 Å². The summed E-state index contributed by atoms with van der Waals surface area (Å²) in [6, 6.07) is 15.5. The standard InChI is InChI=1S/C21H18N4O3S/c1-13(24-19(27)16-10-6-7-11-17(16)20(24)28)18-12-29-21(23-22-18)25(14(2)26)15-8-4-3-5-9-15/h3-11,13H,12H2,1-2H3. The van der Waals surface area contributed by atoms with E-state index in [9.17, 15) is 14.4 Å². The molecule has 2 aliphatic rings. The number of hydrogen-bond acceptors (Lipinski definition) is 6. The van der Waals surface area contributed by atoms with Crippen molar-refractivity contribution in [2.24, 2.45) is 10.2 Å². The zero-order valence-electron chi connectivity index (χ0n) is 15.9. The first-order valence-electron chi connectivity index (χ1n) is 9.09. The third-order valence-corrected chi connectivity index (χ3v) is 5.79. The summed E-state index contributed by atoms with van der Waals surface area (Å²) >= 11 is 1.35. The lowest BCUT2D eigenvalue weighted by Crippen LogP contribution is -2.45. The van der Waals surface area contributed by atoms with Gasteiger partial charge < -0.3 is 0 Å². The largest absolute Gasteiger partial charge is 0.274 e. The first kappa shape index (κ1) is 19.1. The lowest BCUT2D eigenvalue weighted by atomic mass is 10.1. The molecule has 0 spiro atoms. The summed E-state index contributed by atoms with van der Waals surface area (Å²) in [7, 11) is 0. The zero-order valence-corrected chi connectivity index (χ0v) is 16.7. The normalized spacial score (nSPS) is 16.8. The number of fused-ring (bicyclic) bond motifs is 1. The minimum Gasteiger partial charge on any atom is -0.274 e. The highest BCUT2D eigenvalue weighted by atomic mass is 32.2. The van der Waals surface area contributed by atoms with Crippen molar-refractivity contribution in [3.05, 3.63) is 65.7 Å². The Bertz CT molecular complexity index is 1030. The average Bonchev–Trinajstić information content (AvgIpc) is 2.99. The van der Waals surface area contributed by atoms with Gasteiger partial charge in [0.1, 0.15) is 0 Å². The molecular weight excluding hydrogens is 388 g/mol. The van der Waals surface area contributed by atoms with E-state index in [4.69, 9.17) is 0 Å². The van der Waals surface area contributed by atoms with Crippen LogP contribution in [0.25, 0.3) is 0 Å². The minimum absolute atomic E-state index is 0.172. The lowest BCUT2D eigenvalue weighted by molar-refractivity contribution is -0.115. The number of nitrogens with zero attached hydrogens (tertiary/aromatic N) is 4. The molecule has 2 heterocycles. The topological polar surface area (TPSA) is 82.4 Å². The van der Waals surface area contributed by atoms with Crippen molar-refractivity contribution in [3.8, 4) is 0 Å². The minimum atomic E-state index is -0.525. The Kier molecular flexibility index (Phi) is 5.02. The molecule has 0 saturated carbocycles. The van der Waals surface area contributed by atoms with Gasteiger partial charge in [0.25, 0.3) is 11.8 Å². The number of imide groups is 1. The molecule has 0 bridgehead atoms. The van der Waals surface area contributed by atoms with Gasteiger partial charge in [0.05, 0.1) is 28.6 Å². The molecule has 7 nitrogen and oxygen atoms in total. The highest BCUT2D eigenvalue weighted by Crippen LogP contribution is 2.28. The monoisotopic (exact) mass is 406 g/mol. The van der Waals surface area contributed by atoms with Crippen LogP contribution in [-0.2, 0) is 4.79 Å². The van der Waals surface area contributed by atoms with Crippen molar-refractivity contribution in [1.29, 1.82) is 0 Å². The molecule has 0 aliphatic carbocycles. The van der Waals surface area contributed by atoms with Gasteiger partial charge in [-0.25, -0.2) is 0 Å². The Morgan fingerprint density at radius 3 is 2.10 bits per heavy atom. The SMILES string of the molecule is CC(=O)N(C1=NN=C(C(C)N2C(=O)c3ccccc3C2=O)CS1)c1ccccc1. The van der Waals surface area contributed by atoms with E-state index in [0.29, 0.717) is 33.4 Å². The molecule has 0 saturated heterocycles. The van der Waals surface area contributed by atoms with Crippen LogP contribution in [0.15, 0.2) is 64.8 Å². The van der Waals surface area contributed by atoms with Gasteiger partial charge in [0, 0.05) is 12.7 Å². The van der Waals surface area contributed by atoms with Gasteiger partial charge in [-0.15, -0.1) is 5.10 Å². The third-order valence-electron chi connectivity index (χ3n) is 4.83. The van der Waals surface area contributed by atoms with Crippen LogP contribution in [0.5, 0.6) is 0 Å². The zero-order chi connectivity index (χ0) is 20.5. The molecule has 2 aliphatic heterocycles. The molecule has 1 unspecified atom stereocenters. The second-order valence-corrected chi connectivity index (χ2v) is 7.60. The number of thioether (sulfide) groups is 1. The van der Waals surface area contributed by atoms with Gasteiger partial charge >= 0.3 is 0 Å². The summed E-state index contributed by atoms with van der Waals surface area (Å²) in [5.74, 6) is -0.399. The number of rotatable bonds is 3. The number of carbonyl (C=O) groups excluding carboxylic acids is 3. The van der Waals surface area contributed by atoms with E-state index in [1.54, 1.807) is 31.2 Å². The number of amides is 3. The predicted octanol–water partition coefficient (Wildman–Crippen LogP) is 3.18. The number of anilines is 1. The Hall–Kier alpha value is -3.26. The van der Waals surface area contributed by atoms with Crippen molar-refractivity contribution < 1.29 is 14.4 Å². The number of amidine groups is 1. The summed E-state index contributed by atoms with van der Waals surface area (Å²) in [4.78, 5) is 40.3. The molecule has 2 aromatic carbocycles. The fourth-order valence-corrected chi connectivity index (χ4v) is 4.37. The fourth-order valence-electron chi connectivity index (χ4n) is 3.33. The summed E-state index contributed by atoms with van der Waals surface area (Å²) in [6.07, 6.45) is 0. The van der Waals surface area contributed by atoms with Gasteiger partial charge in [0.2, 0.25) is 5.91 Å². The third kappa shape index (κ3) is 3.36. The molecule has 2 aromatic rings. The second kappa shape index (κ2) is 7.63. The quantitative estimate of drug-likeness (QED) is 0.733. The first-order valence-corrected chi connectivity index (χ1v) is 10.1. The van der Waals surface area contributed by atoms with E-state index >= 15 is 0 Å². The lowest BCUT2D eigenvalue weighted by Gasteiger charge is -2.27. The number of hydrogen-bond donors (Lipinski definition) is 0. The van der Waals surface area contributed by atoms with Crippen molar-refractivity contribution >= 4 is 46.1 Å². The van der Waals surface area contributed by atoms with Crippen LogP contribution in [0.1, 0.15) is 34.6 Å². The molecular formula is C21H18N4O3S. The molecule has 0 aromatic heterocycles. The smallest absolute Gasteiger partial charge is 0.262 e. The van der Waals surface area contributed by atoms with Crippen LogP contribution in [-0.4, -0.2) is 45.3 Å². The van der Waals surface area contributed by atoms with E-state index in [2.05, 4.69) is 10.2 Å². The summed E-state index contributed by atoms with van der Waals surface area (Å²) in [5, 5.41) is 8.94. The van der Waals surface area contributed by atoms with E-state index in [1.807, 2.05) is 30.3 Å². The summed E-state index contributed by atoms with van der Waals surface area (Å²) in [5.41, 5.74) is 2.12. The van der Waals surface area contributed by atoms with Crippen molar-refractivity contribution in [3.63, 3.8) is 0 Å². The van der Waals surface area contributed by atoms with Crippen molar-refractivity contribution in [2.45, 2.75) is 19.9 Å². The molecule has 8 heteroatoms. The Morgan fingerprint density at radius 2 is 1.59 bits per heavy atom. The summed E-state index contributed by atoms with van der Waals surface area (Å²) in [6.45, 7) is 3.23. The van der Waals surface area contributed by atoms with Gasteiger partial charge in [-0.1, -0.05) is 42.1 Å². The first-order chi connectivity index (χ1) is 14.0. The maximum absolute atomic E-state index is 12.7. The Labute approximate surface area is 172 Å². The molecule has 146 valence electrons. The van der Waals surface area contributed by atoms with Gasteiger partial charge in [-0.2, -0.15) is 5.10 Å². The average molecular weight is 406 g/mol. The number of para-hydroxylation sites is 1. The van der Waals surface area contributed by atoms with E-state index in [0.717, 1.165) is 0 Å². The Morgan fingerprint density at radius 1 is 1.00 bits per heavy atom. The van der Waals surface area contributed by atoms with Gasteiger partial charge in [-0.3, -0.25) is 24.2 Å². The molecule has 29 heavy (non-hydrogen) atoms. The molecule has 0 N–H and O–H groups in total. The number of benzene rings is 2. The fraction of sp³-hybridized carbons (Fsp3) is 0.190. The van der Waals surface area contributed by atoms with Crippen LogP contribution < -0.4 is 4.90 Å². The highest BCUT2D eigenvalue weighted by molar-refractivity contribution is 8.14. The van der Waals surface area contributed by atoms with Crippen LogP contribution in [0.4, 0.5) is 5.69 Å². The van der Waals surface area contributed by atoms with Crippen LogP contribution in [0.2, 0.25) is 0 Å². The van der Waals surface area contributed by atoms with Crippen molar-refractivity contribution in [1.82, 2.24) is 4.90 Å². The van der Waals surface area contributed by atoms with Gasteiger partial charge in [-0.05, 0) is 31.2 Å². The Balaban J connectivity index is 1.59. The molecule has 4 rings (SSSR count). The second-order valence-electron chi connectivity index (χ2n) is 6.65.